The third kappa shape index (κ3) is 2.39. The Labute approximate surface area is 88.2 Å². The van der Waals surface area contributed by atoms with Gasteiger partial charge in [0, 0.05) is 17.0 Å². The van der Waals surface area contributed by atoms with Gasteiger partial charge in [-0.2, -0.15) is 12.6 Å². The third-order valence-corrected chi connectivity index (χ3v) is 3.49. The van der Waals surface area contributed by atoms with Crippen LogP contribution in [0.15, 0.2) is 23.1 Å². The first-order chi connectivity index (χ1) is 5.96. The van der Waals surface area contributed by atoms with E-state index in [-0.39, 0.29) is 4.90 Å². The van der Waals surface area contributed by atoms with Crippen molar-refractivity contribution in [2.75, 3.05) is 6.26 Å². The Kier molecular flexibility index (Phi) is 3.27. The average Bonchev–Trinajstić information content (AvgIpc) is 2.02. The van der Waals surface area contributed by atoms with E-state index in [4.69, 9.17) is 11.6 Å². The van der Waals surface area contributed by atoms with Crippen molar-refractivity contribution >= 4 is 34.1 Å². The van der Waals surface area contributed by atoms with E-state index < -0.39 is 9.84 Å². The predicted molar refractivity (Wildman–Crippen MR) is 57.3 cm³/mol. The van der Waals surface area contributed by atoms with Crippen molar-refractivity contribution < 1.29 is 8.42 Å². The highest BCUT2D eigenvalue weighted by atomic mass is 35.5. The molecule has 0 heterocycles. The molecule has 0 aliphatic carbocycles. The second-order valence-corrected chi connectivity index (χ2v) is 5.35. The molecule has 0 saturated carbocycles. The summed E-state index contributed by atoms with van der Waals surface area (Å²) in [5.74, 6) is 0.322. The molecule has 0 atom stereocenters. The molecule has 0 amide bonds. The lowest BCUT2D eigenvalue weighted by Gasteiger charge is -2.06. The van der Waals surface area contributed by atoms with Gasteiger partial charge in [0.25, 0.3) is 0 Å². The fourth-order valence-electron chi connectivity index (χ4n) is 1.04. The van der Waals surface area contributed by atoms with E-state index in [2.05, 4.69) is 12.6 Å². The molecule has 0 fully saturated rings. The van der Waals surface area contributed by atoms with Crippen LogP contribution in [-0.4, -0.2) is 14.7 Å². The van der Waals surface area contributed by atoms with Crippen LogP contribution in [0.1, 0.15) is 5.56 Å². The van der Waals surface area contributed by atoms with Crippen LogP contribution in [0, 0.1) is 0 Å². The summed E-state index contributed by atoms with van der Waals surface area (Å²) in [4.78, 5) is 0.259. The van der Waals surface area contributed by atoms with Gasteiger partial charge in [0.2, 0.25) is 0 Å². The predicted octanol–water partition coefficient (Wildman–Crippen LogP) is 2.17. The maximum Gasteiger partial charge on any atom is 0.175 e. The smallest absolute Gasteiger partial charge is 0.175 e. The quantitative estimate of drug-likeness (QED) is 0.799. The molecule has 0 aliphatic heterocycles. The molecule has 1 aromatic rings. The Morgan fingerprint density at radius 3 is 2.46 bits per heavy atom. The molecule has 72 valence electrons. The van der Waals surface area contributed by atoms with Gasteiger partial charge in [-0.1, -0.05) is 17.7 Å². The highest BCUT2D eigenvalue weighted by Crippen LogP contribution is 2.25. The normalized spacial score (nSPS) is 11.6. The van der Waals surface area contributed by atoms with Gasteiger partial charge in [0.15, 0.2) is 9.84 Å². The molecule has 0 bridgehead atoms. The molecule has 0 aliphatic rings. The lowest BCUT2D eigenvalue weighted by atomic mass is 10.2. The summed E-state index contributed by atoms with van der Waals surface area (Å²) < 4.78 is 22.5. The van der Waals surface area contributed by atoms with Gasteiger partial charge in [0.1, 0.15) is 0 Å². The zero-order valence-electron chi connectivity index (χ0n) is 6.99. The van der Waals surface area contributed by atoms with E-state index in [0.717, 1.165) is 6.26 Å². The second kappa shape index (κ2) is 3.90. The monoisotopic (exact) mass is 236 g/mol. The number of halogens is 1. The first-order valence-electron chi connectivity index (χ1n) is 3.55. The van der Waals surface area contributed by atoms with Crippen molar-refractivity contribution in [3.63, 3.8) is 0 Å². The van der Waals surface area contributed by atoms with Crippen LogP contribution < -0.4 is 0 Å². The number of sulfone groups is 1. The van der Waals surface area contributed by atoms with Gasteiger partial charge in [0.05, 0.1) is 4.90 Å². The molecule has 0 N–H and O–H groups in total. The van der Waals surface area contributed by atoms with Crippen LogP contribution in [-0.2, 0) is 15.6 Å². The maximum absolute atomic E-state index is 11.3. The fourth-order valence-corrected chi connectivity index (χ4v) is 2.83. The van der Waals surface area contributed by atoms with Gasteiger partial charge in [-0.25, -0.2) is 8.42 Å². The van der Waals surface area contributed by atoms with Gasteiger partial charge < -0.3 is 0 Å². The number of hydrogen-bond acceptors (Lipinski definition) is 3. The second-order valence-electron chi connectivity index (χ2n) is 2.65. The molecule has 0 radical (unpaired) electrons. The van der Waals surface area contributed by atoms with Crippen molar-refractivity contribution in [1.29, 1.82) is 0 Å². The first-order valence-corrected chi connectivity index (χ1v) is 6.45. The molecule has 0 spiro atoms. The first kappa shape index (κ1) is 10.9. The van der Waals surface area contributed by atoms with Gasteiger partial charge in [-0.05, 0) is 17.7 Å². The Balaban J connectivity index is 3.47. The lowest BCUT2D eigenvalue weighted by molar-refractivity contribution is 0.601. The zero-order chi connectivity index (χ0) is 10.1. The molecule has 0 saturated heterocycles. The molecule has 1 aromatic carbocycles. The van der Waals surface area contributed by atoms with Crippen molar-refractivity contribution in [2.24, 2.45) is 0 Å². The van der Waals surface area contributed by atoms with E-state index in [9.17, 15) is 8.42 Å². The number of rotatable bonds is 2. The van der Waals surface area contributed by atoms with E-state index in [0.29, 0.717) is 16.3 Å². The summed E-state index contributed by atoms with van der Waals surface area (Å²) in [6.45, 7) is 0. The Hall–Kier alpha value is -0.190. The van der Waals surface area contributed by atoms with Crippen LogP contribution in [0.2, 0.25) is 5.02 Å². The Morgan fingerprint density at radius 2 is 2.08 bits per heavy atom. The summed E-state index contributed by atoms with van der Waals surface area (Å²) in [7, 11) is -3.20. The summed E-state index contributed by atoms with van der Waals surface area (Å²) in [5, 5.41) is 0.443. The van der Waals surface area contributed by atoms with Crippen molar-refractivity contribution in [3.8, 4) is 0 Å². The molecule has 5 heteroatoms. The van der Waals surface area contributed by atoms with Crippen molar-refractivity contribution in [2.45, 2.75) is 10.6 Å². The molecule has 0 aromatic heterocycles. The molecule has 2 nitrogen and oxygen atoms in total. The minimum absolute atomic E-state index is 0.259. The largest absolute Gasteiger partial charge is 0.224 e. The number of benzene rings is 1. The standard InChI is InChI=1S/C8H9ClO2S2/c1-13(10,11)8-4-2-3-7(9)6(8)5-12/h2-4,12H,5H2,1H3. The molecule has 1 rings (SSSR count). The zero-order valence-corrected chi connectivity index (χ0v) is 9.46. The van der Waals surface area contributed by atoms with E-state index in [1.165, 1.54) is 6.07 Å². The Morgan fingerprint density at radius 1 is 1.46 bits per heavy atom. The number of hydrogen-bond donors (Lipinski definition) is 1. The maximum atomic E-state index is 11.3. The van der Waals surface area contributed by atoms with Crippen molar-refractivity contribution in [3.05, 3.63) is 28.8 Å². The molecule has 0 unspecified atom stereocenters. The van der Waals surface area contributed by atoms with Crippen LogP contribution in [0.25, 0.3) is 0 Å². The Bertz CT molecular complexity index is 412. The summed E-state index contributed by atoms with van der Waals surface area (Å²) in [5.41, 5.74) is 0.565. The molecule has 13 heavy (non-hydrogen) atoms. The topological polar surface area (TPSA) is 34.1 Å². The fraction of sp³-hybridized carbons (Fsp3) is 0.250. The van der Waals surface area contributed by atoms with Crippen LogP contribution in [0.3, 0.4) is 0 Å². The number of thiol groups is 1. The van der Waals surface area contributed by atoms with Gasteiger partial charge in [-0.15, -0.1) is 0 Å². The highest BCUT2D eigenvalue weighted by Gasteiger charge is 2.13. The minimum Gasteiger partial charge on any atom is -0.224 e. The van der Waals surface area contributed by atoms with E-state index >= 15 is 0 Å². The van der Waals surface area contributed by atoms with Crippen LogP contribution in [0.4, 0.5) is 0 Å². The van der Waals surface area contributed by atoms with Crippen LogP contribution >= 0.6 is 24.2 Å². The summed E-state index contributed by atoms with van der Waals surface area (Å²) in [6, 6.07) is 4.81. The lowest BCUT2D eigenvalue weighted by Crippen LogP contribution is -2.01. The molecular weight excluding hydrogens is 228 g/mol. The van der Waals surface area contributed by atoms with E-state index in [1.54, 1.807) is 12.1 Å². The highest BCUT2D eigenvalue weighted by molar-refractivity contribution is 7.90. The minimum atomic E-state index is -3.20. The van der Waals surface area contributed by atoms with E-state index in [1.807, 2.05) is 0 Å². The van der Waals surface area contributed by atoms with Gasteiger partial charge in [-0.3, -0.25) is 0 Å². The SMILES string of the molecule is CS(=O)(=O)c1cccc(Cl)c1CS. The average molecular weight is 237 g/mol. The van der Waals surface area contributed by atoms with Gasteiger partial charge >= 0.3 is 0 Å². The summed E-state index contributed by atoms with van der Waals surface area (Å²) in [6.07, 6.45) is 1.16. The van der Waals surface area contributed by atoms with Crippen molar-refractivity contribution in [1.82, 2.24) is 0 Å². The summed E-state index contributed by atoms with van der Waals surface area (Å²) >= 11 is 9.85. The third-order valence-electron chi connectivity index (χ3n) is 1.63. The molecular formula is C8H9ClO2S2. The van der Waals surface area contributed by atoms with Crippen LogP contribution in [0.5, 0.6) is 0 Å².